The van der Waals surface area contributed by atoms with Crippen molar-refractivity contribution in [3.63, 3.8) is 0 Å². The van der Waals surface area contributed by atoms with Crippen molar-refractivity contribution in [2.24, 2.45) is 0 Å². The Bertz CT molecular complexity index is 667. The molecule has 1 saturated heterocycles. The van der Waals surface area contributed by atoms with Gasteiger partial charge >= 0.3 is 0 Å². The molecule has 1 aliphatic heterocycles. The number of hydrogen-bond acceptors (Lipinski definition) is 5. The normalized spacial score (nSPS) is 15.7. The summed E-state index contributed by atoms with van der Waals surface area (Å²) in [6.07, 6.45) is 1.65. The molecule has 0 spiro atoms. The quantitative estimate of drug-likeness (QED) is 0.944. The highest BCUT2D eigenvalue weighted by molar-refractivity contribution is 5.66. The number of nitrogens with zero attached hydrogens (tertiary/aromatic N) is 4. The molecule has 5 nitrogen and oxygen atoms in total. The summed E-state index contributed by atoms with van der Waals surface area (Å²) in [4.78, 5) is 13.5. The van der Waals surface area contributed by atoms with Gasteiger partial charge in [0.1, 0.15) is 18.0 Å². The molecule has 1 aliphatic rings. The van der Waals surface area contributed by atoms with Crippen LogP contribution >= 0.6 is 0 Å². The van der Waals surface area contributed by atoms with Crippen molar-refractivity contribution in [3.05, 3.63) is 41.2 Å². The van der Waals surface area contributed by atoms with Gasteiger partial charge in [0.15, 0.2) is 0 Å². The summed E-state index contributed by atoms with van der Waals surface area (Å²) in [6, 6.07) is 6.43. The molecule has 0 saturated carbocycles. The van der Waals surface area contributed by atoms with Crippen LogP contribution in [0.2, 0.25) is 0 Å². The third-order valence-corrected chi connectivity index (χ3v) is 4.41. The number of anilines is 3. The molecule has 5 heteroatoms. The molecule has 0 unspecified atom stereocenters. The minimum atomic E-state index is 0.851. The van der Waals surface area contributed by atoms with E-state index in [9.17, 15) is 0 Å². The molecule has 1 aromatic heterocycles. The van der Waals surface area contributed by atoms with E-state index in [1.54, 1.807) is 6.33 Å². The Labute approximate surface area is 138 Å². The van der Waals surface area contributed by atoms with Gasteiger partial charge < -0.3 is 15.1 Å². The first-order chi connectivity index (χ1) is 11.0. The molecule has 1 aromatic carbocycles. The second-order valence-electron chi connectivity index (χ2n) is 6.45. The van der Waals surface area contributed by atoms with Crippen molar-refractivity contribution in [3.8, 4) is 0 Å². The fourth-order valence-electron chi connectivity index (χ4n) is 3.13. The Morgan fingerprint density at radius 3 is 2.22 bits per heavy atom. The number of likely N-dealkylation sites (N-methyl/N-ethyl adjacent to an activating group) is 1. The zero-order valence-electron chi connectivity index (χ0n) is 14.4. The number of nitrogens with one attached hydrogen (secondary N) is 1. The first-order valence-electron chi connectivity index (χ1n) is 8.13. The average molecular weight is 311 g/mol. The number of piperazine rings is 1. The Balaban J connectivity index is 1.81. The van der Waals surface area contributed by atoms with E-state index in [0.29, 0.717) is 0 Å². The monoisotopic (exact) mass is 311 g/mol. The second kappa shape index (κ2) is 6.54. The maximum atomic E-state index is 4.44. The Hall–Kier alpha value is -2.14. The van der Waals surface area contributed by atoms with Crippen LogP contribution in [0.4, 0.5) is 17.3 Å². The zero-order valence-corrected chi connectivity index (χ0v) is 14.4. The van der Waals surface area contributed by atoms with E-state index in [-0.39, 0.29) is 0 Å². The fraction of sp³-hybridized carbons (Fsp3) is 0.444. The Morgan fingerprint density at radius 2 is 1.57 bits per heavy atom. The van der Waals surface area contributed by atoms with Gasteiger partial charge in [-0.15, -0.1) is 0 Å². The Kier molecular flexibility index (Phi) is 4.48. The molecule has 0 bridgehead atoms. The molecule has 2 heterocycles. The van der Waals surface area contributed by atoms with Crippen LogP contribution in [-0.4, -0.2) is 48.1 Å². The molecule has 0 atom stereocenters. The van der Waals surface area contributed by atoms with Crippen LogP contribution in [0, 0.1) is 20.8 Å². The van der Waals surface area contributed by atoms with Gasteiger partial charge in [-0.3, -0.25) is 0 Å². The van der Waals surface area contributed by atoms with Crippen molar-refractivity contribution in [1.29, 1.82) is 0 Å². The SMILES string of the molecule is Cc1cc(C)c(Nc2cc(N3CCN(C)CC3)ncn2)c(C)c1. The minimum Gasteiger partial charge on any atom is -0.354 e. The summed E-state index contributed by atoms with van der Waals surface area (Å²) >= 11 is 0. The van der Waals surface area contributed by atoms with Crippen LogP contribution in [-0.2, 0) is 0 Å². The summed E-state index contributed by atoms with van der Waals surface area (Å²) < 4.78 is 0. The van der Waals surface area contributed by atoms with E-state index in [0.717, 1.165) is 43.5 Å². The van der Waals surface area contributed by atoms with Gasteiger partial charge in [-0.1, -0.05) is 17.7 Å². The van der Waals surface area contributed by atoms with Crippen molar-refractivity contribution < 1.29 is 0 Å². The molecule has 2 aromatic rings. The van der Waals surface area contributed by atoms with Gasteiger partial charge in [0.05, 0.1) is 0 Å². The molecule has 1 fully saturated rings. The van der Waals surface area contributed by atoms with Crippen LogP contribution in [0.1, 0.15) is 16.7 Å². The van der Waals surface area contributed by atoms with Gasteiger partial charge in [0, 0.05) is 37.9 Å². The molecule has 0 aliphatic carbocycles. The molecule has 23 heavy (non-hydrogen) atoms. The van der Waals surface area contributed by atoms with Crippen molar-refractivity contribution in [2.75, 3.05) is 43.4 Å². The second-order valence-corrected chi connectivity index (χ2v) is 6.45. The van der Waals surface area contributed by atoms with Gasteiger partial charge in [0.25, 0.3) is 0 Å². The van der Waals surface area contributed by atoms with E-state index in [1.807, 2.05) is 6.07 Å². The van der Waals surface area contributed by atoms with E-state index < -0.39 is 0 Å². The predicted octanol–water partition coefficient (Wildman–Crippen LogP) is 2.90. The van der Waals surface area contributed by atoms with Crippen molar-refractivity contribution in [2.45, 2.75) is 20.8 Å². The summed E-state index contributed by atoms with van der Waals surface area (Å²) in [7, 11) is 2.16. The van der Waals surface area contributed by atoms with Crippen molar-refractivity contribution in [1.82, 2.24) is 14.9 Å². The third kappa shape index (κ3) is 3.62. The number of aromatic nitrogens is 2. The van der Waals surface area contributed by atoms with E-state index in [1.165, 1.54) is 16.7 Å². The lowest BCUT2D eigenvalue weighted by Gasteiger charge is -2.33. The maximum Gasteiger partial charge on any atom is 0.135 e. The highest BCUT2D eigenvalue weighted by Gasteiger charge is 2.16. The minimum absolute atomic E-state index is 0.851. The molecule has 0 amide bonds. The topological polar surface area (TPSA) is 44.3 Å². The molecule has 0 radical (unpaired) electrons. The van der Waals surface area contributed by atoms with Crippen LogP contribution in [0.15, 0.2) is 24.5 Å². The number of hydrogen-bond donors (Lipinski definition) is 1. The summed E-state index contributed by atoms with van der Waals surface area (Å²) in [5.74, 6) is 1.85. The summed E-state index contributed by atoms with van der Waals surface area (Å²) in [5, 5.41) is 3.47. The van der Waals surface area contributed by atoms with Gasteiger partial charge in [0.2, 0.25) is 0 Å². The highest BCUT2D eigenvalue weighted by Crippen LogP contribution is 2.26. The van der Waals surface area contributed by atoms with Gasteiger partial charge in [-0.25, -0.2) is 9.97 Å². The first-order valence-corrected chi connectivity index (χ1v) is 8.13. The lowest BCUT2D eigenvalue weighted by Crippen LogP contribution is -2.44. The van der Waals surface area contributed by atoms with Gasteiger partial charge in [-0.2, -0.15) is 0 Å². The predicted molar refractivity (Wildman–Crippen MR) is 95.7 cm³/mol. The summed E-state index contributed by atoms with van der Waals surface area (Å²) in [5.41, 5.74) is 4.90. The first kappa shape index (κ1) is 15.7. The van der Waals surface area contributed by atoms with Crippen LogP contribution in [0.3, 0.4) is 0 Å². The van der Waals surface area contributed by atoms with Crippen LogP contribution in [0.5, 0.6) is 0 Å². The largest absolute Gasteiger partial charge is 0.354 e. The maximum absolute atomic E-state index is 4.44. The lowest BCUT2D eigenvalue weighted by atomic mass is 10.1. The van der Waals surface area contributed by atoms with Gasteiger partial charge in [-0.05, 0) is 38.9 Å². The molecular weight excluding hydrogens is 286 g/mol. The van der Waals surface area contributed by atoms with E-state index in [4.69, 9.17) is 0 Å². The average Bonchev–Trinajstić information content (AvgIpc) is 2.52. The zero-order chi connectivity index (χ0) is 16.4. The Morgan fingerprint density at radius 1 is 0.913 bits per heavy atom. The number of aryl methyl sites for hydroxylation is 3. The number of rotatable bonds is 3. The van der Waals surface area contributed by atoms with Crippen molar-refractivity contribution >= 4 is 17.3 Å². The van der Waals surface area contributed by atoms with Crippen LogP contribution < -0.4 is 10.2 Å². The standard InChI is InChI=1S/C18H25N5/c1-13-9-14(2)18(15(3)10-13)21-16-11-17(20-12-19-16)23-7-5-22(4)6-8-23/h9-12H,5-8H2,1-4H3,(H,19,20,21). The third-order valence-electron chi connectivity index (χ3n) is 4.41. The lowest BCUT2D eigenvalue weighted by molar-refractivity contribution is 0.312. The smallest absolute Gasteiger partial charge is 0.135 e. The highest BCUT2D eigenvalue weighted by atomic mass is 15.3. The molecule has 3 rings (SSSR count). The summed E-state index contributed by atoms with van der Waals surface area (Å²) in [6.45, 7) is 10.5. The fourth-order valence-corrected chi connectivity index (χ4v) is 3.13. The van der Waals surface area contributed by atoms with E-state index >= 15 is 0 Å². The van der Waals surface area contributed by atoms with Crippen LogP contribution in [0.25, 0.3) is 0 Å². The van der Waals surface area contributed by atoms with E-state index in [2.05, 4.69) is 65.0 Å². The molecular formula is C18H25N5. The molecule has 122 valence electrons. The molecule has 1 N–H and O–H groups in total. The number of benzene rings is 1.